The summed E-state index contributed by atoms with van der Waals surface area (Å²) in [5.41, 5.74) is 2.33. The van der Waals surface area contributed by atoms with Gasteiger partial charge in [0.2, 0.25) is 0 Å². The van der Waals surface area contributed by atoms with Crippen molar-refractivity contribution in [2.24, 2.45) is 0 Å². The first-order valence-corrected chi connectivity index (χ1v) is 9.63. The Kier molecular flexibility index (Phi) is 4.51. The maximum atomic E-state index is 13.0. The van der Waals surface area contributed by atoms with Crippen LogP contribution in [0.5, 0.6) is 5.75 Å². The lowest BCUT2D eigenvalue weighted by Crippen LogP contribution is -2.23. The van der Waals surface area contributed by atoms with E-state index in [0.717, 1.165) is 5.52 Å². The van der Waals surface area contributed by atoms with Gasteiger partial charge in [-0.2, -0.15) is 0 Å². The summed E-state index contributed by atoms with van der Waals surface area (Å²) in [4.78, 5) is 29.9. The first-order chi connectivity index (χ1) is 15.1. The second-order valence-corrected chi connectivity index (χ2v) is 6.95. The topological polar surface area (TPSA) is 90.8 Å². The van der Waals surface area contributed by atoms with Crippen LogP contribution in [0.4, 0.5) is 5.69 Å². The molecular weight excluding hydrogens is 396 g/mol. The van der Waals surface area contributed by atoms with Gasteiger partial charge in [0.25, 0.3) is 11.5 Å². The maximum Gasteiger partial charge on any atom is 0.291 e. The van der Waals surface area contributed by atoms with E-state index in [1.54, 1.807) is 60.3 Å². The van der Waals surface area contributed by atoms with Crippen molar-refractivity contribution in [2.75, 3.05) is 12.4 Å². The van der Waals surface area contributed by atoms with Crippen LogP contribution in [0, 0.1) is 0 Å². The van der Waals surface area contributed by atoms with Crippen molar-refractivity contribution in [3.8, 4) is 5.75 Å². The molecule has 154 valence electrons. The van der Waals surface area contributed by atoms with E-state index < -0.39 is 0 Å². The molecule has 4 aromatic heterocycles. The normalized spacial score (nSPS) is 11.1. The second-order valence-electron chi connectivity index (χ2n) is 6.95. The van der Waals surface area contributed by atoms with Crippen molar-refractivity contribution in [2.45, 2.75) is 6.54 Å². The fourth-order valence-corrected chi connectivity index (χ4v) is 3.54. The fraction of sp³-hybridized carbons (Fsp3) is 0.0870. The third kappa shape index (κ3) is 3.33. The van der Waals surface area contributed by atoms with E-state index in [1.165, 1.54) is 0 Å². The van der Waals surface area contributed by atoms with Crippen LogP contribution < -0.4 is 15.6 Å². The Hall–Kier alpha value is -4.33. The first kappa shape index (κ1) is 18.7. The van der Waals surface area contributed by atoms with E-state index in [9.17, 15) is 9.59 Å². The van der Waals surface area contributed by atoms with E-state index in [2.05, 4.69) is 10.3 Å². The number of nitrogens with one attached hydrogen (secondary N) is 1. The molecule has 0 fully saturated rings. The molecule has 0 saturated carbocycles. The maximum absolute atomic E-state index is 13.0. The minimum atomic E-state index is -0.381. The number of aromatic nitrogens is 3. The van der Waals surface area contributed by atoms with Crippen LogP contribution in [0.3, 0.4) is 0 Å². The Morgan fingerprint density at radius 2 is 1.87 bits per heavy atom. The van der Waals surface area contributed by atoms with Crippen LogP contribution in [-0.4, -0.2) is 27.0 Å². The van der Waals surface area contributed by atoms with Gasteiger partial charge >= 0.3 is 0 Å². The molecule has 5 aromatic rings. The molecule has 0 saturated heterocycles. The molecule has 5 rings (SSSR count). The number of methoxy groups -OCH3 is 1. The van der Waals surface area contributed by atoms with Gasteiger partial charge in [-0.05, 0) is 60.7 Å². The van der Waals surface area contributed by atoms with E-state index >= 15 is 0 Å². The third-order valence-corrected chi connectivity index (χ3v) is 5.04. The summed E-state index contributed by atoms with van der Waals surface area (Å²) in [6, 6.07) is 17.6. The highest BCUT2D eigenvalue weighted by atomic mass is 16.5. The number of hydrogen-bond donors (Lipinski definition) is 1. The molecule has 1 aromatic carbocycles. The monoisotopic (exact) mass is 414 g/mol. The minimum absolute atomic E-state index is 0.153. The average molecular weight is 414 g/mol. The van der Waals surface area contributed by atoms with E-state index in [0.29, 0.717) is 28.4 Å². The van der Waals surface area contributed by atoms with Gasteiger partial charge in [-0.25, -0.2) is 4.98 Å². The number of carbonyl (C=O) groups is 1. The second kappa shape index (κ2) is 7.49. The van der Waals surface area contributed by atoms with Crippen molar-refractivity contribution in [3.63, 3.8) is 0 Å². The van der Waals surface area contributed by atoms with Crippen molar-refractivity contribution < 1.29 is 13.9 Å². The van der Waals surface area contributed by atoms with Gasteiger partial charge in [-0.15, -0.1) is 0 Å². The molecule has 4 heterocycles. The van der Waals surface area contributed by atoms with Crippen LogP contribution in [0.2, 0.25) is 0 Å². The van der Waals surface area contributed by atoms with Crippen molar-refractivity contribution in [1.29, 1.82) is 0 Å². The molecule has 1 amide bonds. The number of furan rings is 1. The summed E-state index contributed by atoms with van der Waals surface area (Å²) in [5, 5.41) is 2.78. The molecule has 8 nitrogen and oxygen atoms in total. The van der Waals surface area contributed by atoms with Crippen LogP contribution >= 0.6 is 0 Å². The summed E-state index contributed by atoms with van der Waals surface area (Å²) in [7, 11) is 1.58. The lowest BCUT2D eigenvalue weighted by atomic mass is 10.3. The van der Waals surface area contributed by atoms with Gasteiger partial charge in [0.1, 0.15) is 17.0 Å². The molecule has 0 unspecified atom stereocenters. The summed E-state index contributed by atoms with van der Waals surface area (Å²) < 4.78 is 14.2. The number of nitrogens with zero attached hydrogens (tertiary/aromatic N) is 3. The van der Waals surface area contributed by atoms with Gasteiger partial charge in [0.05, 0.1) is 19.2 Å². The molecule has 1 N–H and O–H groups in total. The van der Waals surface area contributed by atoms with Crippen LogP contribution in [-0.2, 0) is 6.54 Å². The van der Waals surface area contributed by atoms with Gasteiger partial charge in [0.15, 0.2) is 11.4 Å². The van der Waals surface area contributed by atoms with Crippen LogP contribution in [0.1, 0.15) is 16.3 Å². The lowest BCUT2D eigenvalue weighted by Gasteiger charge is -2.10. The first-order valence-electron chi connectivity index (χ1n) is 9.63. The average Bonchev–Trinajstić information content (AvgIpc) is 3.47. The number of rotatable bonds is 5. The Morgan fingerprint density at radius 1 is 1.06 bits per heavy atom. The smallest absolute Gasteiger partial charge is 0.291 e. The SMILES string of the molecule is COc1ccc(NC(=O)c2ccc(Cn3c(=O)c4cccn4c4cccnc43)o2)cc1. The molecule has 0 bridgehead atoms. The summed E-state index contributed by atoms with van der Waals surface area (Å²) in [6.45, 7) is 0.157. The quantitative estimate of drug-likeness (QED) is 0.475. The van der Waals surface area contributed by atoms with Gasteiger partial charge < -0.3 is 18.9 Å². The number of pyridine rings is 1. The summed E-state index contributed by atoms with van der Waals surface area (Å²) in [6.07, 6.45) is 3.48. The molecule has 0 spiro atoms. The van der Waals surface area contributed by atoms with E-state index in [-0.39, 0.29) is 23.8 Å². The molecule has 8 heteroatoms. The number of benzene rings is 1. The molecule has 0 radical (unpaired) electrons. The minimum Gasteiger partial charge on any atom is -0.497 e. The van der Waals surface area contributed by atoms with E-state index in [4.69, 9.17) is 9.15 Å². The Balaban J connectivity index is 1.44. The van der Waals surface area contributed by atoms with Crippen molar-refractivity contribution in [3.05, 3.63) is 94.9 Å². The largest absolute Gasteiger partial charge is 0.497 e. The summed E-state index contributed by atoms with van der Waals surface area (Å²) in [5.74, 6) is 0.947. The number of ether oxygens (including phenoxy) is 1. The summed E-state index contributed by atoms with van der Waals surface area (Å²) >= 11 is 0. The number of carbonyl (C=O) groups excluding carboxylic acids is 1. The highest BCUT2D eigenvalue weighted by Gasteiger charge is 2.15. The number of hydrogen-bond acceptors (Lipinski definition) is 5. The zero-order chi connectivity index (χ0) is 21.4. The lowest BCUT2D eigenvalue weighted by molar-refractivity contribution is 0.0995. The third-order valence-electron chi connectivity index (χ3n) is 5.04. The number of anilines is 1. The molecule has 0 atom stereocenters. The Bertz CT molecular complexity index is 1460. The Labute approximate surface area is 176 Å². The van der Waals surface area contributed by atoms with Crippen molar-refractivity contribution >= 4 is 28.3 Å². The van der Waals surface area contributed by atoms with Gasteiger partial charge in [0, 0.05) is 18.1 Å². The standard InChI is InChI=1S/C23H18N4O4/c1-30-16-8-6-15(7-9-16)25-22(28)20-11-10-17(31-20)14-27-21-18(4-2-12-24-21)26-13-3-5-19(26)23(27)29/h2-13H,14H2,1H3,(H,25,28). The highest BCUT2D eigenvalue weighted by Crippen LogP contribution is 2.18. The van der Waals surface area contributed by atoms with Gasteiger partial charge in [-0.1, -0.05) is 0 Å². The van der Waals surface area contributed by atoms with Gasteiger partial charge in [-0.3, -0.25) is 14.2 Å². The Morgan fingerprint density at radius 3 is 2.68 bits per heavy atom. The number of amides is 1. The number of fused-ring (bicyclic) bond motifs is 3. The van der Waals surface area contributed by atoms with E-state index in [1.807, 2.05) is 28.8 Å². The van der Waals surface area contributed by atoms with Crippen LogP contribution in [0.15, 0.2) is 82.3 Å². The zero-order valence-electron chi connectivity index (χ0n) is 16.6. The fourth-order valence-electron chi connectivity index (χ4n) is 3.54. The highest BCUT2D eigenvalue weighted by molar-refractivity contribution is 6.02. The molecular formula is C23H18N4O4. The molecule has 0 aliphatic heterocycles. The molecule has 0 aliphatic carbocycles. The van der Waals surface area contributed by atoms with Crippen LogP contribution in [0.25, 0.3) is 16.7 Å². The molecule has 31 heavy (non-hydrogen) atoms. The predicted octanol–water partition coefficient (Wildman–Crippen LogP) is 3.55. The molecule has 0 aliphatic rings. The van der Waals surface area contributed by atoms with Crippen molar-refractivity contribution in [1.82, 2.24) is 14.0 Å². The predicted molar refractivity (Wildman–Crippen MR) is 116 cm³/mol. The zero-order valence-corrected chi connectivity index (χ0v) is 16.6.